The molecule has 1 atom stereocenters. The first-order chi connectivity index (χ1) is 10.3. The van der Waals surface area contributed by atoms with Gasteiger partial charge in [-0.05, 0) is 63.5 Å². The lowest BCUT2D eigenvalue weighted by Gasteiger charge is -2.22. The van der Waals surface area contributed by atoms with E-state index in [2.05, 4.69) is 33.3 Å². The van der Waals surface area contributed by atoms with Gasteiger partial charge >= 0.3 is 0 Å². The average molecular weight is 322 g/mol. The first-order valence-electron chi connectivity index (χ1n) is 8.05. The van der Waals surface area contributed by atoms with Crippen molar-refractivity contribution in [1.82, 2.24) is 25.2 Å². The second-order valence-electron chi connectivity index (χ2n) is 6.49. The molecular weight excluding hydrogens is 298 g/mol. The number of likely N-dealkylation sites (N-methyl/N-ethyl adjacent to an activating group) is 1. The molecule has 2 N–H and O–H groups in total. The quantitative estimate of drug-likeness (QED) is 0.891. The standard InChI is InChI=1S/C16H23N5.ClH/c1-21-9-5-12(10-21)15-19-14-13(4-8-18-16(14)20-15)11-2-6-17-7-3-11;/h4,8,11-12,17H,2-3,5-7,9-10H2,1H3,(H,18,19,20);1H/t12-;/m1./s1. The first-order valence-corrected chi connectivity index (χ1v) is 8.05. The largest absolute Gasteiger partial charge is 0.326 e. The highest BCUT2D eigenvalue weighted by atomic mass is 35.5. The van der Waals surface area contributed by atoms with Crippen molar-refractivity contribution in [3.63, 3.8) is 0 Å². The molecule has 5 nitrogen and oxygen atoms in total. The molecule has 0 saturated carbocycles. The molecule has 2 saturated heterocycles. The number of hydrogen-bond donors (Lipinski definition) is 2. The Kier molecular flexibility index (Phi) is 4.66. The van der Waals surface area contributed by atoms with Crippen molar-refractivity contribution < 1.29 is 0 Å². The number of fused-ring (bicyclic) bond motifs is 1. The van der Waals surface area contributed by atoms with Gasteiger partial charge in [-0.15, -0.1) is 12.4 Å². The van der Waals surface area contributed by atoms with Crippen LogP contribution in [-0.4, -0.2) is 53.1 Å². The summed E-state index contributed by atoms with van der Waals surface area (Å²) in [5.41, 5.74) is 3.46. The lowest BCUT2D eigenvalue weighted by Crippen LogP contribution is -2.26. The Morgan fingerprint density at radius 2 is 2.00 bits per heavy atom. The van der Waals surface area contributed by atoms with Crippen LogP contribution >= 0.6 is 12.4 Å². The predicted molar refractivity (Wildman–Crippen MR) is 90.8 cm³/mol. The number of rotatable bonds is 2. The maximum atomic E-state index is 4.94. The fourth-order valence-corrected chi connectivity index (χ4v) is 3.76. The van der Waals surface area contributed by atoms with Crippen molar-refractivity contribution in [2.75, 3.05) is 33.2 Å². The maximum absolute atomic E-state index is 4.94. The van der Waals surface area contributed by atoms with Gasteiger partial charge in [0, 0.05) is 18.7 Å². The number of aromatic amines is 1. The van der Waals surface area contributed by atoms with Gasteiger partial charge in [0.15, 0.2) is 5.65 Å². The molecule has 4 rings (SSSR count). The van der Waals surface area contributed by atoms with Gasteiger partial charge in [-0.1, -0.05) is 0 Å². The van der Waals surface area contributed by atoms with E-state index >= 15 is 0 Å². The number of likely N-dealkylation sites (tertiary alicyclic amines) is 1. The monoisotopic (exact) mass is 321 g/mol. The Balaban J connectivity index is 0.00000144. The van der Waals surface area contributed by atoms with E-state index < -0.39 is 0 Å². The lowest BCUT2D eigenvalue weighted by atomic mass is 9.90. The Morgan fingerprint density at radius 1 is 1.18 bits per heavy atom. The second kappa shape index (κ2) is 6.52. The molecule has 22 heavy (non-hydrogen) atoms. The topological polar surface area (TPSA) is 56.8 Å². The van der Waals surface area contributed by atoms with Gasteiger partial charge in [-0.25, -0.2) is 9.97 Å². The van der Waals surface area contributed by atoms with Crippen LogP contribution in [0.3, 0.4) is 0 Å². The first kappa shape index (κ1) is 15.7. The molecule has 0 radical (unpaired) electrons. The summed E-state index contributed by atoms with van der Waals surface area (Å²) in [7, 11) is 2.18. The Hall–Kier alpha value is -1.17. The molecular formula is C16H24ClN5. The van der Waals surface area contributed by atoms with Crippen LogP contribution < -0.4 is 5.32 Å². The highest BCUT2D eigenvalue weighted by Crippen LogP contribution is 2.31. The number of aromatic nitrogens is 3. The smallest absolute Gasteiger partial charge is 0.157 e. The van der Waals surface area contributed by atoms with E-state index in [0.29, 0.717) is 11.8 Å². The number of imidazole rings is 1. The number of nitrogens with one attached hydrogen (secondary N) is 2. The van der Waals surface area contributed by atoms with Gasteiger partial charge in [0.25, 0.3) is 0 Å². The van der Waals surface area contributed by atoms with Crippen LogP contribution in [0.15, 0.2) is 12.3 Å². The minimum absolute atomic E-state index is 0. The van der Waals surface area contributed by atoms with Gasteiger partial charge in [0.05, 0.1) is 0 Å². The van der Waals surface area contributed by atoms with Crippen molar-refractivity contribution in [3.8, 4) is 0 Å². The fourth-order valence-electron chi connectivity index (χ4n) is 3.76. The Labute approximate surface area is 137 Å². The summed E-state index contributed by atoms with van der Waals surface area (Å²) in [4.78, 5) is 15.3. The second-order valence-corrected chi connectivity index (χ2v) is 6.49. The van der Waals surface area contributed by atoms with Gasteiger partial charge in [0.2, 0.25) is 0 Å². The average Bonchev–Trinajstić information content (AvgIpc) is 3.13. The fraction of sp³-hybridized carbons (Fsp3) is 0.625. The lowest BCUT2D eigenvalue weighted by molar-refractivity contribution is 0.410. The third-order valence-corrected chi connectivity index (χ3v) is 4.99. The van der Waals surface area contributed by atoms with Crippen molar-refractivity contribution >= 4 is 23.6 Å². The normalized spacial score (nSPS) is 23.8. The van der Waals surface area contributed by atoms with E-state index in [9.17, 15) is 0 Å². The molecule has 2 aliphatic heterocycles. The molecule has 0 spiro atoms. The van der Waals surface area contributed by atoms with Crippen LogP contribution in [0.25, 0.3) is 11.2 Å². The van der Waals surface area contributed by atoms with Gasteiger partial charge < -0.3 is 15.2 Å². The van der Waals surface area contributed by atoms with Crippen molar-refractivity contribution in [1.29, 1.82) is 0 Å². The summed E-state index contributed by atoms with van der Waals surface area (Å²) in [6.07, 6.45) is 5.53. The van der Waals surface area contributed by atoms with Crippen LogP contribution in [-0.2, 0) is 0 Å². The van der Waals surface area contributed by atoms with Gasteiger partial charge in [-0.3, -0.25) is 0 Å². The number of nitrogens with zero attached hydrogens (tertiary/aromatic N) is 3. The van der Waals surface area contributed by atoms with E-state index in [4.69, 9.17) is 4.98 Å². The minimum Gasteiger partial charge on any atom is -0.326 e. The van der Waals surface area contributed by atoms with Crippen molar-refractivity contribution in [3.05, 3.63) is 23.7 Å². The molecule has 0 aromatic carbocycles. The van der Waals surface area contributed by atoms with Gasteiger partial charge in [0.1, 0.15) is 11.3 Å². The van der Waals surface area contributed by atoms with E-state index in [1.165, 1.54) is 24.8 Å². The highest BCUT2D eigenvalue weighted by molar-refractivity contribution is 5.85. The predicted octanol–water partition coefficient (Wildman–Crippen LogP) is 2.27. The van der Waals surface area contributed by atoms with E-state index in [1.807, 2.05) is 6.20 Å². The number of piperidine rings is 1. The minimum atomic E-state index is 0. The summed E-state index contributed by atoms with van der Waals surface area (Å²) >= 11 is 0. The summed E-state index contributed by atoms with van der Waals surface area (Å²) in [5.74, 6) is 2.28. The van der Waals surface area contributed by atoms with Crippen molar-refractivity contribution in [2.24, 2.45) is 0 Å². The van der Waals surface area contributed by atoms with Crippen LogP contribution in [0.1, 0.15) is 42.5 Å². The van der Waals surface area contributed by atoms with Crippen molar-refractivity contribution in [2.45, 2.75) is 31.1 Å². The van der Waals surface area contributed by atoms with Crippen LogP contribution in [0, 0.1) is 0 Å². The number of halogens is 1. The summed E-state index contributed by atoms with van der Waals surface area (Å²) in [6, 6.07) is 2.17. The molecule has 6 heteroatoms. The zero-order valence-corrected chi connectivity index (χ0v) is 13.8. The molecule has 120 valence electrons. The third kappa shape index (κ3) is 2.85. The van der Waals surface area contributed by atoms with Crippen LogP contribution in [0.2, 0.25) is 0 Å². The zero-order valence-electron chi connectivity index (χ0n) is 13.0. The molecule has 0 amide bonds. The third-order valence-electron chi connectivity index (χ3n) is 4.99. The zero-order chi connectivity index (χ0) is 14.2. The van der Waals surface area contributed by atoms with E-state index in [0.717, 1.165) is 43.2 Å². The molecule has 2 fully saturated rings. The van der Waals surface area contributed by atoms with Gasteiger partial charge in [-0.2, -0.15) is 0 Å². The number of H-pyrrole nitrogens is 1. The molecule has 2 aromatic rings. The van der Waals surface area contributed by atoms with Crippen LogP contribution in [0.5, 0.6) is 0 Å². The summed E-state index contributed by atoms with van der Waals surface area (Å²) < 4.78 is 0. The Morgan fingerprint density at radius 3 is 2.73 bits per heavy atom. The molecule has 2 aromatic heterocycles. The summed E-state index contributed by atoms with van der Waals surface area (Å²) in [6.45, 7) is 4.48. The molecule has 4 heterocycles. The molecule has 0 unspecified atom stereocenters. The molecule has 0 bridgehead atoms. The highest BCUT2D eigenvalue weighted by Gasteiger charge is 2.26. The Bertz CT molecular complexity index is 634. The van der Waals surface area contributed by atoms with E-state index in [-0.39, 0.29) is 12.4 Å². The van der Waals surface area contributed by atoms with E-state index in [1.54, 1.807) is 0 Å². The number of hydrogen-bond acceptors (Lipinski definition) is 4. The summed E-state index contributed by atoms with van der Waals surface area (Å²) in [5, 5.41) is 3.44. The molecule has 0 aliphatic carbocycles. The number of pyridine rings is 1. The molecule has 2 aliphatic rings. The van der Waals surface area contributed by atoms with Crippen LogP contribution in [0.4, 0.5) is 0 Å². The maximum Gasteiger partial charge on any atom is 0.157 e. The SMILES string of the molecule is CN1CC[C@@H](c2nc3c(C4CCNCC4)ccnc3[nH]2)C1.Cl.